The van der Waals surface area contributed by atoms with Crippen LogP contribution < -0.4 is 4.74 Å². The first-order valence-electron chi connectivity index (χ1n) is 5.61. The molecule has 4 heteroatoms. The van der Waals surface area contributed by atoms with Crippen molar-refractivity contribution in [3.63, 3.8) is 0 Å². The van der Waals surface area contributed by atoms with Crippen LogP contribution in [0.5, 0.6) is 5.75 Å². The minimum atomic E-state index is -0.675. The maximum Gasteiger partial charge on any atom is 0.327 e. The molecule has 3 nitrogen and oxygen atoms in total. The van der Waals surface area contributed by atoms with Crippen LogP contribution in [0, 0.1) is 0 Å². The number of esters is 1. The molecule has 0 amide bonds. The predicted molar refractivity (Wildman–Crippen MR) is 74.4 cm³/mol. The number of benzene rings is 1. The summed E-state index contributed by atoms with van der Waals surface area (Å²) < 4.78 is 6.57. The topological polar surface area (TPSA) is 31.2 Å². The molecule has 0 fully saturated rings. The van der Waals surface area contributed by atoms with Crippen LogP contribution in [0.1, 0.15) is 13.8 Å². The van der Waals surface area contributed by atoms with Gasteiger partial charge in [0, 0.05) is 18.1 Å². The number of aromatic nitrogens is 1. The summed E-state index contributed by atoms with van der Waals surface area (Å²) in [5.74, 6) is 0.236. The minimum Gasteiger partial charge on any atom is -0.426 e. The molecule has 1 aromatic carbocycles. The van der Waals surface area contributed by atoms with Crippen LogP contribution in [-0.2, 0) is 4.79 Å². The third kappa shape index (κ3) is 3.01. The molecule has 0 radical (unpaired) electrons. The van der Waals surface area contributed by atoms with Gasteiger partial charge in [-0.15, -0.1) is 0 Å². The van der Waals surface area contributed by atoms with Crippen LogP contribution in [0.3, 0.4) is 0 Å². The Hall–Kier alpha value is -1.55. The second-order valence-corrected chi connectivity index (χ2v) is 6.43. The van der Waals surface area contributed by atoms with Crippen LogP contribution in [0.2, 0.25) is 0 Å². The zero-order valence-corrected chi connectivity index (χ0v) is 11.8. The highest BCUT2D eigenvalue weighted by Crippen LogP contribution is 2.21. The smallest absolute Gasteiger partial charge is 0.327 e. The Morgan fingerprint density at radius 1 is 1.17 bits per heavy atom. The predicted octanol–water partition coefficient (Wildman–Crippen LogP) is 3.56. The molecule has 0 bridgehead atoms. The molecule has 0 unspecified atom stereocenters. The van der Waals surface area contributed by atoms with Gasteiger partial charge in [-0.3, -0.25) is 4.79 Å². The fourth-order valence-corrected chi connectivity index (χ4v) is 1.50. The van der Waals surface area contributed by atoms with E-state index in [2.05, 4.69) is 15.9 Å². The monoisotopic (exact) mass is 307 g/mol. The van der Waals surface area contributed by atoms with E-state index >= 15 is 0 Å². The van der Waals surface area contributed by atoms with Gasteiger partial charge in [-0.2, -0.15) is 0 Å². The van der Waals surface area contributed by atoms with Crippen LogP contribution in [-0.4, -0.2) is 14.9 Å². The van der Waals surface area contributed by atoms with Crippen LogP contribution in [0.4, 0.5) is 0 Å². The van der Waals surface area contributed by atoms with Gasteiger partial charge in [-0.25, -0.2) is 0 Å². The standard InChI is InChI=1S/C14H14BrNO2/c1-14(2,15)13(17)18-12-7-5-11(6-8-12)16-9-3-4-10-16/h3-10H,1-2H3. The Balaban J connectivity index is 2.12. The average molecular weight is 308 g/mol. The van der Waals surface area contributed by atoms with Crippen molar-refractivity contribution >= 4 is 21.9 Å². The van der Waals surface area contributed by atoms with E-state index in [1.165, 1.54) is 0 Å². The number of nitrogens with zero attached hydrogens (tertiary/aromatic N) is 1. The summed E-state index contributed by atoms with van der Waals surface area (Å²) in [5.41, 5.74) is 1.03. The number of hydrogen-bond acceptors (Lipinski definition) is 2. The van der Waals surface area contributed by atoms with Gasteiger partial charge in [0.05, 0.1) is 0 Å². The van der Waals surface area contributed by atoms with E-state index < -0.39 is 4.32 Å². The lowest BCUT2D eigenvalue weighted by Gasteiger charge is -2.14. The van der Waals surface area contributed by atoms with Gasteiger partial charge in [0.25, 0.3) is 0 Å². The summed E-state index contributed by atoms with van der Waals surface area (Å²) in [7, 11) is 0. The fourth-order valence-electron chi connectivity index (χ4n) is 1.42. The molecule has 0 saturated heterocycles. The quantitative estimate of drug-likeness (QED) is 0.493. The fraction of sp³-hybridized carbons (Fsp3) is 0.214. The number of halogens is 1. The molecule has 94 valence electrons. The number of alkyl halides is 1. The first-order valence-corrected chi connectivity index (χ1v) is 6.41. The lowest BCUT2D eigenvalue weighted by Crippen LogP contribution is -2.29. The van der Waals surface area contributed by atoms with E-state index in [9.17, 15) is 4.79 Å². The van der Waals surface area contributed by atoms with E-state index in [-0.39, 0.29) is 5.97 Å². The van der Waals surface area contributed by atoms with Crippen molar-refractivity contribution in [2.75, 3.05) is 0 Å². The molecule has 18 heavy (non-hydrogen) atoms. The molecule has 0 aliphatic carbocycles. The first kappa shape index (κ1) is 12.9. The largest absolute Gasteiger partial charge is 0.426 e. The van der Waals surface area contributed by atoms with Crippen molar-refractivity contribution in [3.8, 4) is 11.4 Å². The number of hydrogen-bond donors (Lipinski definition) is 0. The first-order chi connectivity index (χ1) is 8.47. The Kier molecular flexibility index (Phi) is 3.57. The van der Waals surface area contributed by atoms with Gasteiger partial charge in [0.15, 0.2) is 0 Å². The number of carbonyl (C=O) groups is 1. The number of carbonyl (C=O) groups excluding carboxylic acids is 1. The van der Waals surface area contributed by atoms with Crippen LogP contribution in [0.15, 0.2) is 48.8 Å². The van der Waals surface area contributed by atoms with E-state index in [0.717, 1.165) is 5.69 Å². The van der Waals surface area contributed by atoms with Crippen molar-refractivity contribution < 1.29 is 9.53 Å². The molecule has 0 spiro atoms. The maximum absolute atomic E-state index is 11.7. The van der Waals surface area contributed by atoms with E-state index in [1.807, 2.05) is 41.2 Å². The van der Waals surface area contributed by atoms with E-state index in [4.69, 9.17) is 4.74 Å². The Morgan fingerprint density at radius 2 is 1.72 bits per heavy atom. The third-order valence-corrected chi connectivity index (χ3v) is 2.76. The SMILES string of the molecule is CC(C)(Br)C(=O)Oc1ccc(-n2cccc2)cc1. The average Bonchev–Trinajstić information content (AvgIpc) is 2.82. The molecule has 2 rings (SSSR count). The van der Waals surface area contributed by atoms with Crippen LogP contribution >= 0.6 is 15.9 Å². The summed E-state index contributed by atoms with van der Waals surface area (Å²) >= 11 is 3.27. The molecular formula is C14H14BrNO2. The van der Waals surface area contributed by atoms with Gasteiger partial charge < -0.3 is 9.30 Å². The van der Waals surface area contributed by atoms with Crippen molar-refractivity contribution in [3.05, 3.63) is 48.8 Å². The van der Waals surface area contributed by atoms with Crippen molar-refractivity contribution in [2.45, 2.75) is 18.2 Å². The zero-order chi connectivity index (χ0) is 13.2. The summed E-state index contributed by atoms with van der Waals surface area (Å²) in [4.78, 5) is 11.7. The lowest BCUT2D eigenvalue weighted by atomic mass is 10.2. The summed E-state index contributed by atoms with van der Waals surface area (Å²) in [5, 5.41) is 0. The molecule has 1 heterocycles. The Bertz CT molecular complexity index is 524. The second-order valence-electron chi connectivity index (χ2n) is 4.45. The van der Waals surface area contributed by atoms with Crippen molar-refractivity contribution in [2.24, 2.45) is 0 Å². The number of ether oxygens (including phenoxy) is 1. The molecular weight excluding hydrogens is 294 g/mol. The van der Waals surface area contributed by atoms with Gasteiger partial charge in [0.1, 0.15) is 10.1 Å². The molecule has 1 aromatic heterocycles. The Morgan fingerprint density at radius 3 is 2.22 bits per heavy atom. The van der Waals surface area contributed by atoms with Gasteiger partial charge in [0.2, 0.25) is 0 Å². The zero-order valence-electron chi connectivity index (χ0n) is 10.3. The van der Waals surface area contributed by atoms with Crippen molar-refractivity contribution in [1.29, 1.82) is 0 Å². The molecule has 0 aliphatic heterocycles. The number of rotatable bonds is 3. The van der Waals surface area contributed by atoms with E-state index in [0.29, 0.717) is 5.75 Å². The maximum atomic E-state index is 11.7. The molecule has 0 atom stereocenters. The van der Waals surface area contributed by atoms with Crippen molar-refractivity contribution in [1.82, 2.24) is 4.57 Å². The molecule has 0 aliphatic rings. The van der Waals surface area contributed by atoms with Gasteiger partial charge in [-0.05, 0) is 50.2 Å². The minimum absolute atomic E-state index is 0.309. The highest BCUT2D eigenvalue weighted by atomic mass is 79.9. The highest BCUT2D eigenvalue weighted by Gasteiger charge is 2.25. The summed E-state index contributed by atoms with van der Waals surface area (Å²) in [6.45, 7) is 3.51. The highest BCUT2D eigenvalue weighted by molar-refractivity contribution is 9.10. The third-order valence-electron chi connectivity index (χ3n) is 2.44. The van der Waals surface area contributed by atoms with E-state index in [1.54, 1.807) is 26.0 Å². The van der Waals surface area contributed by atoms with Gasteiger partial charge in [-0.1, -0.05) is 15.9 Å². The van der Waals surface area contributed by atoms with Crippen LogP contribution in [0.25, 0.3) is 5.69 Å². The second kappa shape index (κ2) is 4.98. The van der Waals surface area contributed by atoms with Gasteiger partial charge >= 0.3 is 5.97 Å². The molecule has 2 aromatic rings. The summed E-state index contributed by atoms with van der Waals surface area (Å²) in [6.07, 6.45) is 3.92. The molecule has 0 saturated carbocycles. The Labute approximate surface area is 115 Å². The summed E-state index contributed by atoms with van der Waals surface area (Å²) in [6, 6.07) is 11.3. The molecule has 0 N–H and O–H groups in total. The normalized spacial score (nSPS) is 11.3. The lowest BCUT2D eigenvalue weighted by molar-refractivity contribution is -0.136.